The molecule has 0 saturated heterocycles. The van der Waals surface area contributed by atoms with Crippen LogP contribution >= 0.6 is 11.6 Å². The van der Waals surface area contributed by atoms with E-state index in [1.807, 2.05) is 31.2 Å². The Bertz CT molecular complexity index is 797. The van der Waals surface area contributed by atoms with Crippen LogP contribution in [0.25, 0.3) is 11.1 Å². The maximum absolute atomic E-state index is 14.0. The number of halogens is 2. The fraction of sp³-hybridized carbons (Fsp3) is 0.409. The number of carbonyl (C=O) groups is 1. The molecule has 0 saturated carbocycles. The monoisotopic (exact) mass is 407 g/mol. The largest absolute Gasteiger partial charge is 0.481 e. The van der Waals surface area contributed by atoms with E-state index in [0.29, 0.717) is 43.1 Å². The van der Waals surface area contributed by atoms with Crippen LogP contribution < -0.4 is 5.73 Å². The Morgan fingerprint density at radius 2 is 1.96 bits per heavy atom. The van der Waals surface area contributed by atoms with Crippen molar-refractivity contribution >= 4 is 17.6 Å². The Hall–Kier alpha value is -1.95. The fourth-order valence-corrected chi connectivity index (χ4v) is 3.40. The zero-order chi connectivity index (χ0) is 20.7. The molecule has 0 amide bonds. The number of hydrogen-bond donors (Lipinski definition) is 2. The van der Waals surface area contributed by atoms with E-state index >= 15 is 0 Å². The van der Waals surface area contributed by atoms with Gasteiger partial charge >= 0.3 is 5.97 Å². The predicted molar refractivity (Wildman–Crippen MR) is 110 cm³/mol. The summed E-state index contributed by atoms with van der Waals surface area (Å²) in [4.78, 5) is 11.7. The average molecular weight is 408 g/mol. The normalized spacial score (nSPS) is 14.5. The molecule has 0 aromatic heterocycles. The number of nitrogens with two attached hydrogens (primary N) is 1. The molecule has 2 aromatic rings. The predicted octanol–water partition coefficient (Wildman–Crippen LogP) is 4.92. The maximum atomic E-state index is 14.0. The molecule has 2 atom stereocenters. The van der Waals surface area contributed by atoms with Gasteiger partial charge < -0.3 is 15.6 Å². The van der Waals surface area contributed by atoms with Crippen molar-refractivity contribution in [3.05, 3.63) is 58.9 Å². The Morgan fingerprint density at radius 3 is 2.57 bits per heavy atom. The van der Waals surface area contributed by atoms with Gasteiger partial charge in [0.05, 0.1) is 5.41 Å². The number of rotatable bonds is 10. The molecule has 3 N–H and O–H groups in total. The SMILES string of the molecule is CCOCCC(C)(C[C@H](N)Cc1ccc(-c2cc(Cl)ccc2F)cc1)C(=O)O. The molecule has 0 aliphatic rings. The Morgan fingerprint density at radius 1 is 1.29 bits per heavy atom. The van der Waals surface area contributed by atoms with Crippen LogP contribution in [0, 0.1) is 11.2 Å². The van der Waals surface area contributed by atoms with E-state index in [0.717, 1.165) is 11.1 Å². The van der Waals surface area contributed by atoms with Crippen LogP contribution in [0.3, 0.4) is 0 Å². The molecule has 1 unspecified atom stereocenters. The van der Waals surface area contributed by atoms with Crippen molar-refractivity contribution in [3.63, 3.8) is 0 Å². The highest BCUT2D eigenvalue weighted by Crippen LogP contribution is 2.30. The van der Waals surface area contributed by atoms with Crippen LogP contribution in [0.1, 0.15) is 32.3 Å². The van der Waals surface area contributed by atoms with Gasteiger partial charge in [0, 0.05) is 29.8 Å². The van der Waals surface area contributed by atoms with Gasteiger partial charge in [0.2, 0.25) is 0 Å². The first-order valence-corrected chi connectivity index (χ1v) is 9.74. The van der Waals surface area contributed by atoms with Crippen LogP contribution in [0.4, 0.5) is 4.39 Å². The third-order valence-corrected chi connectivity index (χ3v) is 5.16. The smallest absolute Gasteiger partial charge is 0.309 e. The zero-order valence-corrected chi connectivity index (χ0v) is 17.0. The van der Waals surface area contributed by atoms with E-state index in [1.165, 1.54) is 12.1 Å². The standard InChI is InChI=1S/C22H27ClFNO3/c1-3-28-11-10-22(2,21(26)27)14-18(25)12-15-4-6-16(7-5-15)19-13-17(23)8-9-20(19)24/h4-9,13,18H,3,10-12,14,25H2,1-2H3,(H,26,27)/t18-,22?/m1/s1. The van der Waals surface area contributed by atoms with Crippen LogP contribution in [0.2, 0.25) is 5.02 Å². The van der Waals surface area contributed by atoms with Gasteiger partial charge in [0.15, 0.2) is 0 Å². The van der Waals surface area contributed by atoms with Gasteiger partial charge in [-0.15, -0.1) is 0 Å². The highest BCUT2D eigenvalue weighted by atomic mass is 35.5. The molecule has 0 aliphatic carbocycles. The quantitative estimate of drug-likeness (QED) is 0.548. The van der Waals surface area contributed by atoms with Crippen LogP contribution in [-0.4, -0.2) is 30.3 Å². The van der Waals surface area contributed by atoms with E-state index < -0.39 is 11.4 Å². The lowest BCUT2D eigenvalue weighted by molar-refractivity contribution is -0.149. The first kappa shape index (κ1) is 22.3. The highest BCUT2D eigenvalue weighted by molar-refractivity contribution is 6.30. The second kappa shape index (κ2) is 10.0. The van der Waals surface area contributed by atoms with Crippen LogP contribution in [0.5, 0.6) is 0 Å². The fourth-order valence-electron chi connectivity index (χ4n) is 3.23. The molecule has 6 heteroatoms. The summed E-state index contributed by atoms with van der Waals surface area (Å²) in [6.45, 7) is 4.54. The molecule has 0 radical (unpaired) electrons. The number of carboxylic acid groups (broad SMARTS) is 1. The average Bonchev–Trinajstić information content (AvgIpc) is 2.64. The van der Waals surface area contributed by atoms with Gasteiger partial charge in [-0.3, -0.25) is 4.79 Å². The molecule has 2 aromatic carbocycles. The molecule has 28 heavy (non-hydrogen) atoms. The number of ether oxygens (including phenoxy) is 1. The summed E-state index contributed by atoms with van der Waals surface area (Å²) < 4.78 is 19.3. The van der Waals surface area contributed by atoms with E-state index in [-0.39, 0.29) is 11.9 Å². The molecule has 152 valence electrons. The van der Waals surface area contributed by atoms with Gasteiger partial charge in [-0.2, -0.15) is 0 Å². The molecule has 0 fully saturated rings. The van der Waals surface area contributed by atoms with Crippen molar-refractivity contribution in [2.45, 2.75) is 39.2 Å². The molecule has 0 spiro atoms. The van der Waals surface area contributed by atoms with E-state index in [2.05, 4.69) is 0 Å². The third-order valence-electron chi connectivity index (χ3n) is 4.92. The zero-order valence-electron chi connectivity index (χ0n) is 16.3. The summed E-state index contributed by atoms with van der Waals surface area (Å²) >= 11 is 5.96. The van der Waals surface area contributed by atoms with Gasteiger partial charge in [0.1, 0.15) is 5.82 Å². The lowest BCUT2D eigenvalue weighted by Gasteiger charge is -2.28. The van der Waals surface area contributed by atoms with Crippen molar-refractivity contribution in [3.8, 4) is 11.1 Å². The molecular formula is C22H27ClFNO3. The van der Waals surface area contributed by atoms with E-state index in [4.69, 9.17) is 22.1 Å². The van der Waals surface area contributed by atoms with Crippen molar-refractivity contribution in [1.82, 2.24) is 0 Å². The second-order valence-electron chi connectivity index (χ2n) is 7.30. The Kier molecular flexibility index (Phi) is 7.98. The maximum Gasteiger partial charge on any atom is 0.309 e. The molecular weight excluding hydrogens is 381 g/mol. The van der Waals surface area contributed by atoms with Gasteiger partial charge in [-0.05, 0) is 62.4 Å². The minimum Gasteiger partial charge on any atom is -0.481 e. The minimum absolute atomic E-state index is 0.309. The third kappa shape index (κ3) is 6.03. The van der Waals surface area contributed by atoms with Gasteiger partial charge in [-0.1, -0.05) is 35.9 Å². The number of aliphatic carboxylic acids is 1. The summed E-state index contributed by atoms with van der Waals surface area (Å²) in [6.07, 6.45) is 1.30. The minimum atomic E-state index is -0.932. The van der Waals surface area contributed by atoms with Gasteiger partial charge in [0.25, 0.3) is 0 Å². The highest BCUT2D eigenvalue weighted by Gasteiger charge is 2.34. The summed E-state index contributed by atoms with van der Waals surface area (Å²) in [5.74, 6) is -1.20. The molecule has 2 rings (SSSR count). The first-order valence-electron chi connectivity index (χ1n) is 9.36. The van der Waals surface area contributed by atoms with Crippen molar-refractivity contribution in [2.24, 2.45) is 11.1 Å². The van der Waals surface area contributed by atoms with Crippen LogP contribution in [-0.2, 0) is 16.0 Å². The van der Waals surface area contributed by atoms with E-state index in [9.17, 15) is 14.3 Å². The summed E-state index contributed by atoms with van der Waals surface area (Å²) in [7, 11) is 0. The number of benzene rings is 2. The number of carboxylic acids is 1. The van der Waals surface area contributed by atoms with Crippen LogP contribution in [0.15, 0.2) is 42.5 Å². The summed E-state index contributed by atoms with van der Waals surface area (Å²) in [5, 5.41) is 10.1. The van der Waals surface area contributed by atoms with Crippen molar-refractivity contribution < 1.29 is 19.0 Å². The van der Waals surface area contributed by atoms with Crippen molar-refractivity contribution in [1.29, 1.82) is 0 Å². The number of hydrogen-bond acceptors (Lipinski definition) is 3. The Balaban J connectivity index is 2.04. The Labute approximate surface area is 170 Å². The lowest BCUT2D eigenvalue weighted by atomic mass is 9.79. The van der Waals surface area contributed by atoms with Gasteiger partial charge in [-0.25, -0.2) is 4.39 Å². The molecule has 0 bridgehead atoms. The second-order valence-corrected chi connectivity index (χ2v) is 7.74. The topological polar surface area (TPSA) is 72.5 Å². The first-order chi connectivity index (χ1) is 13.2. The van der Waals surface area contributed by atoms with E-state index in [1.54, 1.807) is 13.0 Å². The molecule has 0 aliphatic heterocycles. The lowest BCUT2D eigenvalue weighted by Crippen LogP contribution is -2.37. The summed E-state index contributed by atoms with van der Waals surface area (Å²) in [5.41, 5.74) is 7.45. The summed E-state index contributed by atoms with van der Waals surface area (Å²) in [6, 6.07) is 11.5. The van der Waals surface area contributed by atoms with Crippen molar-refractivity contribution in [2.75, 3.05) is 13.2 Å². The molecule has 4 nitrogen and oxygen atoms in total. The molecule has 0 heterocycles.